The molecule has 3 heterocycles. The molecule has 0 radical (unpaired) electrons. The molecule has 6 rings (SSSR count). The molecule has 0 bridgehead atoms. The summed E-state index contributed by atoms with van der Waals surface area (Å²) in [5.41, 5.74) is 4.37. The normalized spacial score (nSPS) is 11.2. The second-order valence-corrected chi connectivity index (χ2v) is 7.74. The zero-order valence-electron chi connectivity index (χ0n) is 18.4. The van der Waals surface area contributed by atoms with Crippen molar-refractivity contribution in [3.05, 3.63) is 97.0 Å². The molecule has 6 aromatic rings. The van der Waals surface area contributed by atoms with Gasteiger partial charge in [-0.2, -0.15) is 5.10 Å². The van der Waals surface area contributed by atoms with Crippen molar-refractivity contribution in [3.8, 4) is 28.6 Å². The number of para-hydroxylation sites is 1. The van der Waals surface area contributed by atoms with Crippen molar-refractivity contribution in [3.63, 3.8) is 0 Å². The average molecular weight is 448 g/mol. The maximum absolute atomic E-state index is 5.86. The van der Waals surface area contributed by atoms with Gasteiger partial charge in [0.05, 0.1) is 24.4 Å². The van der Waals surface area contributed by atoms with Crippen LogP contribution in [0.3, 0.4) is 0 Å². The molecule has 34 heavy (non-hydrogen) atoms. The largest absolute Gasteiger partial charge is 0.497 e. The topological polar surface area (TPSA) is 79.4 Å². The van der Waals surface area contributed by atoms with Crippen LogP contribution < -0.4 is 9.47 Å². The van der Waals surface area contributed by atoms with Gasteiger partial charge in [0.15, 0.2) is 17.1 Å². The lowest BCUT2D eigenvalue weighted by atomic mass is 10.1. The van der Waals surface area contributed by atoms with Crippen LogP contribution in [0.4, 0.5) is 0 Å². The van der Waals surface area contributed by atoms with Crippen LogP contribution in [0.1, 0.15) is 5.56 Å². The highest BCUT2D eigenvalue weighted by Gasteiger charge is 2.14. The van der Waals surface area contributed by atoms with Crippen LogP contribution in [-0.4, -0.2) is 36.5 Å². The number of hydrogen-bond acceptors (Lipinski definition) is 6. The number of ether oxygens (including phenoxy) is 2. The molecule has 0 fully saturated rings. The third kappa shape index (κ3) is 3.61. The first-order valence-corrected chi connectivity index (χ1v) is 10.8. The van der Waals surface area contributed by atoms with E-state index in [9.17, 15) is 0 Å². The quantitative estimate of drug-likeness (QED) is 0.367. The lowest BCUT2D eigenvalue weighted by molar-refractivity contribution is 0.305. The van der Waals surface area contributed by atoms with E-state index in [4.69, 9.17) is 14.5 Å². The summed E-state index contributed by atoms with van der Waals surface area (Å²) in [6.07, 6.45) is 3.45. The van der Waals surface area contributed by atoms with Gasteiger partial charge in [0.1, 0.15) is 24.4 Å². The van der Waals surface area contributed by atoms with Gasteiger partial charge in [-0.05, 0) is 42.0 Å². The second-order valence-electron chi connectivity index (χ2n) is 7.74. The number of benzene rings is 3. The van der Waals surface area contributed by atoms with E-state index in [0.29, 0.717) is 18.1 Å². The van der Waals surface area contributed by atoms with Crippen molar-refractivity contribution in [2.45, 2.75) is 6.61 Å². The van der Waals surface area contributed by atoms with Gasteiger partial charge in [-0.25, -0.2) is 19.2 Å². The maximum Gasteiger partial charge on any atom is 0.182 e. The number of hydrogen-bond donors (Lipinski definition) is 0. The predicted molar refractivity (Wildman–Crippen MR) is 128 cm³/mol. The minimum Gasteiger partial charge on any atom is -0.497 e. The summed E-state index contributed by atoms with van der Waals surface area (Å²) in [6.45, 7) is 0.467. The van der Waals surface area contributed by atoms with Gasteiger partial charge in [0.25, 0.3) is 0 Å². The minimum atomic E-state index is 0.467. The molecule has 0 aliphatic rings. The maximum atomic E-state index is 5.86. The summed E-state index contributed by atoms with van der Waals surface area (Å²) in [6, 6.07) is 25.5. The molecular formula is C26H20N6O2. The zero-order chi connectivity index (χ0) is 22.9. The standard InChI is InChI=1S/C26H20N6O2/c1-33-21-11-13-22(14-12-21)34-16-18-7-9-19(10-8-18)24-29-26-23-15-28-32(20-5-3-2-4-6-20)25(23)27-17-31(26)30-24/h2-15,17H,16H2,1H3. The molecule has 0 unspecified atom stereocenters. The summed E-state index contributed by atoms with van der Waals surface area (Å²) >= 11 is 0. The SMILES string of the molecule is COc1ccc(OCc2ccc(-c3nc4c5cnn(-c6ccccc6)c5ncn4n3)cc2)cc1. The van der Waals surface area contributed by atoms with E-state index >= 15 is 0 Å². The van der Waals surface area contributed by atoms with Gasteiger partial charge in [-0.1, -0.05) is 42.5 Å². The average Bonchev–Trinajstić information content (AvgIpc) is 3.53. The molecule has 0 N–H and O–H groups in total. The summed E-state index contributed by atoms with van der Waals surface area (Å²) in [4.78, 5) is 9.34. The van der Waals surface area contributed by atoms with E-state index in [0.717, 1.165) is 39.3 Å². The van der Waals surface area contributed by atoms with Gasteiger partial charge in [-0.3, -0.25) is 0 Å². The Morgan fingerprint density at radius 2 is 1.59 bits per heavy atom. The summed E-state index contributed by atoms with van der Waals surface area (Å²) in [5, 5.41) is 9.98. The van der Waals surface area contributed by atoms with E-state index in [1.165, 1.54) is 0 Å². The fraction of sp³-hybridized carbons (Fsp3) is 0.0769. The zero-order valence-corrected chi connectivity index (χ0v) is 18.4. The summed E-state index contributed by atoms with van der Waals surface area (Å²) in [7, 11) is 1.65. The lowest BCUT2D eigenvalue weighted by Gasteiger charge is -2.07. The van der Waals surface area contributed by atoms with Crippen LogP contribution in [0.5, 0.6) is 11.5 Å². The smallest absolute Gasteiger partial charge is 0.182 e. The highest BCUT2D eigenvalue weighted by atomic mass is 16.5. The monoisotopic (exact) mass is 448 g/mol. The fourth-order valence-electron chi connectivity index (χ4n) is 3.79. The number of aromatic nitrogens is 6. The highest BCUT2D eigenvalue weighted by molar-refractivity contribution is 5.89. The molecule has 0 atom stereocenters. The third-order valence-corrected chi connectivity index (χ3v) is 5.58. The van der Waals surface area contributed by atoms with Crippen LogP contribution >= 0.6 is 0 Å². The van der Waals surface area contributed by atoms with Crippen LogP contribution in [-0.2, 0) is 6.61 Å². The van der Waals surface area contributed by atoms with E-state index in [1.54, 1.807) is 28.8 Å². The molecular weight excluding hydrogens is 428 g/mol. The molecule has 3 aromatic heterocycles. The first-order chi connectivity index (χ1) is 16.8. The van der Waals surface area contributed by atoms with Gasteiger partial charge < -0.3 is 9.47 Å². The number of nitrogens with zero attached hydrogens (tertiary/aromatic N) is 6. The van der Waals surface area contributed by atoms with E-state index in [1.807, 2.05) is 78.9 Å². The van der Waals surface area contributed by atoms with Gasteiger partial charge >= 0.3 is 0 Å². The number of rotatable bonds is 6. The Hall–Kier alpha value is -4.72. The van der Waals surface area contributed by atoms with Crippen molar-refractivity contribution in [2.75, 3.05) is 7.11 Å². The molecule has 0 spiro atoms. The molecule has 0 aliphatic heterocycles. The molecule has 8 nitrogen and oxygen atoms in total. The number of fused-ring (bicyclic) bond motifs is 3. The molecule has 0 saturated heterocycles. The van der Waals surface area contributed by atoms with Crippen molar-refractivity contribution < 1.29 is 9.47 Å². The molecule has 0 amide bonds. The Labute approximate surface area is 195 Å². The second kappa shape index (κ2) is 8.32. The van der Waals surface area contributed by atoms with Gasteiger partial charge in [-0.15, -0.1) is 5.10 Å². The predicted octanol–water partition coefficient (Wildman–Crippen LogP) is 4.72. The van der Waals surface area contributed by atoms with E-state index < -0.39 is 0 Å². The van der Waals surface area contributed by atoms with E-state index in [-0.39, 0.29) is 0 Å². The van der Waals surface area contributed by atoms with E-state index in [2.05, 4.69) is 15.2 Å². The fourth-order valence-corrected chi connectivity index (χ4v) is 3.79. The van der Waals surface area contributed by atoms with Crippen LogP contribution in [0.15, 0.2) is 91.4 Å². The van der Waals surface area contributed by atoms with Gasteiger partial charge in [0, 0.05) is 5.56 Å². The molecule has 3 aromatic carbocycles. The summed E-state index contributed by atoms with van der Waals surface area (Å²) in [5.74, 6) is 2.22. The highest BCUT2D eigenvalue weighted by Crippen LogP contribution is 2.24. The van der Waals surface area contributed by atoms with Crippen molar-refractivity contribution >= 4 is 16.7 Å². The Morgan fingerprint density at radius 3 is 2.35 bits per heavy atom. The van der Waals surface area contributed by atoms with Crippen molar-refractivity contribution in [2.24, 2.45) is 0 Å². The Bertz CT molecular complexity index is 1570. The molecule has 166 valence electrons. The Balaban J connectivity index is 1.25. The first kappa shape index (κ1) is 19.9. The molecule has 0 aliphatic carbocycles. The minimum absolute atomic E-state index is 0.467. The molecule has 8 heteroatoms. The Kier molecular flexibility index (Phi) is 4.88. The van der Waals surface area contributed by atoms with Crippen molar-refractivity contribution in [1.29, 1.82) is 0 Å². The lowest BCUT2D eigenvalue weighted by Crippen LogP contribution is -1.98. The van der Waals surface area contributed by atoms with Crippen LogP contribution in [0.25, 0.3) is 33.8 Å². The van der Waals surface area contributed by atoms with Crippen LogP contribution in [0.2, 0.25) is 0 Å². The number of methoxy groups -OCH3 is 1. The van der Waals surface area contributed by atoms with Gasteiger partial charge in [0.2, 0.25) is 0 Å². The first-order valence-electron chi connectivity index (χ1n) is 10.8. The Morgan fingerprint density at radius 1 is 0.824 bits per heavy atom. The van der Waals surface area contributed by atoms with Crippen molar-refractivity contribution in [1.82, 2.24) is 29.4 Å². The van der Waals surface area contributed by atoms with Crippen LogP contribution in [0, 0.1) is 0 Å². The third-order valence-electron chi connectivity index (χ3n) is 5.58. The summed E-state index contributed by atoms with van der Waals surface area (Å²) < 4.78 is 14.5. The molecule has 0 saturated carbocycles.